The van der Waals surface area contributed by atoms with Crippen molar-refractivity contribution in [2.75, 3.05) is 9.96 Å². The molecule has 2 heterocycles. The summed E-state index contributed by atoms with van der Waals surface area (Å²) >= 11 is 3.38. The Bertz CT molecular complexity index is 840. The maximum Gasteiger partial charge on any atom is 0.266 e. The molecule has 0 radical (unpaired) electrons. The van der Waals surface area contributed by atoms with Crippen molar-refractivity contribution in [3.63, 3.8) is 0 Å². The predicted molar refractivity (Wildman–Crippen MR) is 107 cm³/mol. The van der Waals surface area contributed by atoms with Crippen molar-refractivity contribution < 1.29 is 14.4 Å². The van der Waals surface area contributed by atoms with Crippen molar-refractivity contribution in [1.29, 1.82) is 0 Å². The number of hydrogen-bond donors (Lipinski definition) is 0. The lowest BCUT2D eigenvalue weighted by atomic mass is 9.92. The molecule has 6 heteroatoms. The van der Waals surface area contributed by atoms with Crippen LogP contribution in [0.4, 0.5) is 11.4 Å². The van der Waals surface area contributed by atoms with Crippen molar-refractivity contribution in [1.82, 2.24) is 0 Å². The van der Waals surface area contributed by atoms with Gasteiger partial charge in [-0.3, -0.25) is 14.4 Å². The number of fused-ring (bicyclic) bond motifs is 1. The van der Waals surface area contributed by atoms with Gasteiger partial charge in [-0.1, -0.05) is 53.9 Å². The quantitative estimate of drug-likeness (QED) is 0.665. The van der Waals surface area contributed by atoms with Crippen LogP contribution in [-0.4, -0.2) is 24.0 Å². The monoisotopic (exact) mass is 428 g/mol. The summed E-state index contributed by atoms with van der Waals surface area (Å²) in [5.41, 5.74) is 1.47. The third-order valence-electron chi connectivity index (χ3n) is 5.19. The second-order valence-corrected chi connectivity index (χ2v) is 7.83. The number of benzene rings is 2. The highest BCUT2D eigenvalue weighted by atomic mass is 79.9. The van der Waals surface area contributed by atoms with Crippen molar-refractivity contribution in [3.05, 3.63) is 59.1 Å². The molecule has 3 atom stereocenters. The number of amides is 2. The van der Waals surface area contributed by atoms with Gasteiger partial charge in [-0.15, -0.1) is 0 Å². The topological polar surface area (TPSA) is 49.9 Å². The maximum absolute atomic E-state index is 13.2. The summed E-state index contributed by atoms with van der Waals surface area (Å²) < 4.78 is 0.901. The Balaban J connectivity index is 1.66. The summed E-state index contributed by atoms with van der Waals surface area (Å²) in [5.74, 6) is -0.938. The molecule has 2 aromatic rings. The van der Waals surface area contributed by atoms with Gasteiger partial charge >= 0.3 is 0 Å². The summed E-state index contributed by atoms with van der Waals surface area (Å²) in [7, 11) is 0. The maximum atomic E-state index is 13.2. The molecule has 0 aliphatic carbocycles. The summed E-state index contributed by atoms with van der Waals surface area (Å²) in [6.07, 6.45) is 2.04. The molecule has 2 amide bonds. The van der Waals surface area contributed by atoms with Crippen molar-refractivity contribution >= 4 is 39.1 Å². The number of carbonyl (C=O) groups is 2. The van der Waals surface area contributed by atoms with Crippen LogP contribution < -0.4 is 9.96 Å². The van der Waals surface area contributed by atoms with Crippen molar-refractivity contribution in [2.45, 2.75) is 38.3 Å². The first kappa shape index (κ1) is 18.2. The van der Waals surface area contributed by atoms with E-state index in [4.69, 9.17) is 4.84 Å². The fourth-order valence-corrected chi connectivity index (χ4v) is 4.14. The summed E-state index contributed by atoms with van der Waals surface area (Å²) in [4.78, 5) is 33.6. The van der Waals surface area contributed by atoms with Crippen molar-refractivity contribution in [2.24, 2.45) is 5.92 Å². The van der Waals surface area contributed by atoms with E-state index in [2.05, 4.69) is 22.9 Å². The zero-order chi connectivity index (χ0) is 19.0. The first-order valence-corrected chi connectivity index (χ1v) is 10.1. The predicted octanol–water partition coefficient (Wildman–Crippen LogP) is 4.32. The molecule has 0 spiro atoms. The first-order valence-electron chi connectivity index (χ1n) is 9.26. The van der Waals surface area contributed by atoms with Gasteiger partial charge in [-0.25, -0.2) is 9.96 Å². The Morgan fingerprint density at radius 2 is 1.67 bits per heavy atom. The fourth-order valence-electron chi connectivity index (χ4n) is 3.87. The minimum absolute atomic E-state index is 0.144. The highest BCUT2D eigenvalue weighted by molar-refractivity contribution is 9.10. The first-order chi connectivity index (χ1) is 13.1. The van der Waals surface area contributed by atoms with Crippen LogP contribution in [-0.2, 0) is 14.4 Å². The van der Waals surface area contributed by atoms with Crippen molar-refractivity contribution in [3.8, 4) is 0 Å². The lowest BCUT2D eigenvalue weighted by Gasteiger charge is -2.28. The number of hydrogen-bond acceptors (Lipinski definition) is 4. The molecule has 0 bridgehead atoms. The largest absolute Gasteiger partial charge is 0.273 e. The molecule has 2 saturated heterocycles. The average molecular weight is 429 g/mol. The molecule has 0 aromatic heterocycles. The van der Waals surface area contributed by atoms with E-state index < -0.39 is 12.0 Å². The normalized spacial score (nSPS) is 24.6. The highest BCUT2D eigenvalue weighted by Gasteiger charge is 2.59. The highest BCUT2D eigenvalue weighted by Crippen LogP contribution is 2.42. The van der Waals surface area contributed by atoms with Gasteiger partial charge in [0.25, 0.3) is 5.91 Å². The zero-order valence-corrected chi connectivity index (χ0v) is 16.6. The minimum Gasteiger partial charge on any atom is -0.273 e. The Morgan fingerprint density at radius 3 is 2.33 bits per heavy atom. The molecular formula is C21H21BrN2O3. The molecule has 0 N–H and O–H groups in total. The van der Waals surface area contributed by atoms with Crippen LogP contribution in [0.3, 0.4) is 0 Å². The average Bonchev–Trinajstić information content (AvgIpc) is 3.18. The van der Waals surface area contributed by atoms with Crippen LogP contribution in [0, 0.1) is 5.92 Å². The Labute approximate surface area is 167 Å². The Kier molecular flexibility index (Phi) is 5.02. The van der Waals surface area contributed by atoms with E-state index in [0.717, 1.165) is 29.4 Å². The van der Waals surface area contributed by atoms with Crippen LogP contribution in [0.15, 0.2) is 59.1 Å². The number of rotatable bonds is 5. The van der Waals surface area contributed by atoms with Gasteiger partial charge in [0.2, 0.25) is 5.91 Å². The van der Waals surface area contributed by atoms with E-state index in [0.29, 0.717) is 5.69 Å². The van der Waals surface area contributed by atoms with E-state index in [9.17, 15) is 9.59 Å². The third-order valence-corrected chi connectivity index (χ3v) is 5.72. The number of para-hydroxylation sites is 1. The van der Waals surface area contributed by atoms with Crippen LogP contribution >= 0.6 is 15.9 Å². The van der Waals surface area contributed by atoms with Gasteiger partial charge in [-0.05, 0) is 42.8 Å². The van der Waals surface area contributed by atoms with Gasteiger partial charge in [0, 0.05) is 4.47 Å². The lowest BCUT2D eigenvalue weighted by Crippen LogP contribution is -2.40. The van der Waals surface area contributed by atoms with Gasteiger partial charge in [0.1, 0.15) is 0 Å². The number of carbonyl (C=O) groups excluding carboxylic acids is 2. The van der Waals surface area contributed by atoms with Crippen LogP contribution in [0.5, 0.6) is 0 Å². The molecular weight excluding hydrogens is 408 g/mol. The number of imide groups is 1. The van der Waals surface area contributed by atoms with Gasteiger partial charge in [0.05, 0.1) is 23.3 Å². The molecule has 27 heavy (non-hydrogen) atoms. The Morgan fingerprint density at radius 1 is 0.963 bits per heavy atom. The summed E-state index contributed by atoms with van der Waals surface area (Å²) in [6.45, 7) is 2.12. The number of unbranched alkanes of at least 4 members (excludes halogenated alkanes) is 1. The number of nitrogens with zero attached hydrogens (tertiary/aromatic N) is 2. The lowest BCUT2D eigenvalue weighted by molar-refractivity contribution is -0.126. The molecule has 4 rings (SSSR count). The smallest absolute Gasteiger partial charge is 0.266 e. The number of hydroxylamine groups is 1. The molecule has 0 saturated carbocycles. The van der Waals surface area contributed by atoms with Gasteiger partial charge < -0.3 is 0 Å². The minimum atomic E-state index is -0.761. The van der Waals surface area contributed by atoms with E-state index in [1.54, 1.807) is 17.2 Å². The molecule has 140 valence electrons. The molecule has 5 nitrogen and oxygen atoms in total. The summed E-state index contributed by atoms with van der Waals surface area (Å²) in [5, 5.41) is 1.78. The second-order valence-electron chi connectivity index (χ2n) is 6.91. The standard InChI is InChI=1S/C21H21BrN2O3/c1-2-3-9-17-18-19(27-24(17)16-7-5-4-6-8-16)21(26)23(20(18)25)15-12-10-14(22)11-13-15/h4-8,10-13,17-19H,2-3,9H2,1H3/t17-,18+,19-/m1/s1. The molecule has 2 aliphatic heterocycles. The number of halogens is 1. The molecule has 0 unspecified atom stereocenters. The Hall–Kier alpha value is -2.18. The van der Waals surface area contributed by atoms with Crippen LogP contribution in [0.1, 0.15) is 26.2 Å². The summed E-state index contributed by atoms with van der Waals surface area (Å²) in [6, 6.07) is 16.8. The second kappa shape index (κ2) is 7.44. The van der Waals surface area contributed by atoms with Gasteiger partial charge in [0.15, 0.2) is 6.10 Å². The van der Waals surface area contributed by atoms with Crippen LogP contribution in [0.2, 0.25) is 0 Å². The molecule has 2 fully saturated rings. The third kappa shape index (κ3) is 3.17. The molecule has 2 aliphatic rings. The van der Waals surface area contributed by atoms with E-state index in [-0.39, 0.29) is 17.9 Å². The SMILES string of the molecule is CCCC[C@@H]1[C@@H]2C(=O)N(c3ccc(Br)cc3)C(=O)[C@@H]2ON1c1ccccc1. The number of anilines is 2. The van der Waals surface area contributed by atoms with Gasteiger partial charge in [-0.2, -0.15) is 0 Å². The van der Waals surface area contributed by atoms with Crippen LogP contribution in [0.25, 0.3) is 0 Å². The fraction of sp³-hybridized carbons (Fsp3) is 0.333. The molecule has 2 aromatic carbocycles. The van der Waals surface area contributed by atoms with E-state index in [1.165, 1.54) is 4.90 Å². The zero-order valence-electron chi connectivity index (χ0n) is 15.0. The van der Waals surface area contributed by atoms with E-state index in [1.807, 2.05) is 42.5 Å². The van der Waals surface area contributed by atoms with E-state index >= 15 is 0 Å².